The van der Waals surface area contributed by atoms with Crippen LogP contribution in [0.15, 0.2) is 46.9 Å². The van der Waals surface area contributed by atoms with Crippen LogP contribution in [0, 0.1) is 11.3 Å². The molecule has 0 saturated heterocycles. The Hall–Kier alpha value is -2.30. The van der Waals surface area contributed by atoms with Crippen LogP contribution in [0.5, 0.6) is 5.75 Å². The number of hydrogen-bond donors (Lipinski definition) is 0. The quantitative estimate of drug-likeness (QED) is 0.421. The van der Waals surface area contributed by atoms with Crippen molar-refractivity contribution in [3.8, 4) is 28.2 Å². The first-order valence-electron chi connectivity index (χ1n) is 7.97. The predicted octanol–water partition coefficient (Wildman–Crippen LogP) is 4.79. The molecule has 0 fully saturated rings. The van der Waals surface area contributed by atoms with Gasteiger partial charge in [-0.25, -0.2) is 0 Å². The highest BCUT2D eigenvalue weighted by Gasteiger charge is 2.19. The number of unbranched alkanes of at least 4 members (excludes halogenated alkanes) is 2. The summed E-state index contributed by atoms with van der Waals surface area (Å²) in [4.78, 5) is 1.06. The van der Waals surface area contributed by atoms with E-state index < -0.39 is 0 Å². The zero-order valence-corrected chi connectivity index (χ0v) is 15.5. The number of aromatic nitrogens is 3. The summed E-state index contributed by atoms with van der Waals surface area (Å²) in [6.07, 6.45) is 2.48. The number of nitriles is 1. The fourth-order valence-electron chi connectivity index (χ4n) is 2.43. The third kappa shape index (κ3) is 4.03. The number of benzene rings is 1. The molecule has 5 nitrogen and oxygen atoms in total. The Balaban J connectivity index is 1.95. The topological polar surface area (TPSA) is 63.7 Å². The summed E-state index contributed by atoms with van der Waals surface area (Å²) < 4.78 is 7.59. The van der Waals surface area contributed by atoms with Crippen molar-refractivity contribution in [2.75, 3.05) is 12.9 Å². The van der Waals surface area contributed by atoms with Gasteiger partial charge in [-0.3, -0.25) is 4.57 Å². The number of hydrogen-bond acceptors (Lipinski definition) is 6. The fraction of sp³-hybridized carbons (Fsp3) is 0.278. The van der Waals surface area contributed by atoms with Crippen LogP contribution in [-0.4, -0.2) is 27.6 Å². The van der Waals surface area contributed by atoms with Crippen molar-refractivity contribution in [3.63, 3.8) is 0 Å². The molecule has 0 aliphatic carbocycles. The van der Waals surface area contributed by atoms with E-state index in [1.54, 1.807) is 30.2 Å². The Morgan fingerprint density at radius 3 is 2.84 bits per heavy atom. The van der Waals surface area contributed by atoms with E-state index >= 15 is 0 Å². The molecule has 7 heteroatoms. The molecule has 0 saturated carbocycles. The van der Waals surface area contributed by atoms with Crippen LogP contribution in [0.4, 0.5) is 0 Å². The monoisotopic (exact) mass is 370 g/mol. The number of thiophene rings is 1. The molecule has 2 aromatic heterocycles. The Morgan fingerprint density at radius 2 is 2.08 bits per heavy atom. The maximum Gasteiger partial charge on any atom is 0.196 e. The second-order valence-corrected chi connectivity index (χ2v) is 7.26. The summed E-state index contributed by atoms with van der Waals surface area (Å²) in [5.74, 6) is 2.50. The SMILES string of the molecule is COc1ccccc1-n1c(SCCCCC#N)nnc1-c1cccs1. The summed E-state index contributed by atoms with van der Waals surface area (Å²) in [6.45, 7) is 0. The Kier molecular flexibility index (Phi) is 6.09. The van der Waals surface area contributed by atoms with Gasteiger partial charge in [-0.15, -0.1) is 21.5 Å². The number of rotatable bonds is 8. The molecule has 0 N–H and O–H groups in total. The van der Waals surface area contributed by atoms with Crippen LogP contribution < -0.4 is 4.74 Å². The first-order valence-corrected chi connectivity index (χ1v) is 9.84. The number of nitrogens with zero attached hydrogens (tertiary/aromatic N) is 4. The molecule has 0 aliphatic heterocycles. The molecule has 0 radical (unpaired) electrons. The molecule has 2 heterocycles. The Bertz CT molecular complexity index is 852. The minimum absolute atomic E-state index is 0.597. The predicted molar refractivity (Wildman–Crippen MR) is 101 cm³/mol. The van der Waals surface area contributed by atoms with Gasteiger partial charge in [0.1, 0.15) is 5.75 Å². The van der Waals surface area contributed by atoms with Gasteiger partial charge in [-0.05, 0) is 36.4 Å². The normalized spacial score (nSPS) is 10.6. The maximum atomic E-state index is 8.65. The zero-order valence-electron chi connectivity index (χ0n) is 13.9. The average molecular weight is 371 g/mol. The standard InChI is InChI=1S/C18H18N4OS2/c1-23-15-9-4-3-8-14(15)22-17(16-10-7-13-24-16)20-21-18(22)25-12-6-2-5-11-19/h3-4,7-10,13H,2,5-6,12H2,1H3. The van der Waals surface area contributed by atoms with Gasteiger partial charge in [0.15, 0.2) is 11.0 Å². The zero-order chi connectivity index (χ0) is 17.5. The van der Waals surface area contributed by atoms with E-state index in [0.717, 1.165) is 45.9 Å². The van der Waals surface area contributed by atoms with Crippen molar-refractivity contribution in [1.82, 2.24) is 14.8 Å². The lowest BCUT2D eigenvalue weighted by atomic mass is 10.3. The summed E-state index contributed by atoms with van der Waals surface area (Å²) in [5, 5.41) is 20.3. The number of methoxy groups -OCH3 is 1. The van der Waals surface area contributed by atoms with Crippen molar-refractivity contribution in [2.24, 2.45) is 0 Å². The lowest BCUT2D eigenvalue weighted by molar-refractivity contribution is 0.412. The molecule has 0 atom stereocenters. The van der Waals surface area contributed by atoms with E-state index in [9.17, 15) is 0 Å². The summed E-state index contributed by atoms with van der Waals surface area (Å²) in [5.41, 5.74) is 0.929. The second kappa shape index (κ2) is 8.70. The minimum Gasteiger partial charge on any atom is -0.495 e. The van der Waals surface area contributed by atoms with Crippen molar-refractivity contribution in [3.05, 3.63) is 41.8 Å². The van der Waals surface area contributed by atoms with E-state index in [1.807, 2.05) is 41.8 Å². The third-order valence-electron chi connectivity index (χ3n) is 3.62. The van der Waals surface area contributed by atoms with Crippen LogP contribution >= 0.6 is 23.1 Å². The maximum absolute atomic E-state index is 8.65. The lowest BCUT2D eigenvalue weighted by Crippen LogP contribution is -2.02. The van der Waals surface area contributed by atoms with Crippen LogP contribution in [0.25, 0.3) is 16.4 Å². The summed E-state index contributed by atoms with van der Waals surface area (Å²) in [7, 11) is 1.67. The molecule has 3 aromatic rings. The first-order chi connectivity index (χ1) is 12.3. The highest BCUT2D eigenvalue weighted by atomic mass is 32.2. The van der Waals surface area contributed by atoms with Crippen LogP contribution in [0.1, 0.15) is 19.3 Å². The van der Waals surface area contributed by atoms with Crippen molar-refractivity contribution in [1.29, 1.82) is 5.26 Å². The van der Waals surface area contributed by atoms with E-state index in [-0.39, 0.29) is 0 Å². The summed E-state index contributed by atoms with van der Waals surface area (Å²) in [6, 6.07) is 14.1. The van der Waals surface area contributed by atoms with Gasteiger partial charge in [0, 0.05) is 12.2 Å². The summed E-state index contributed by atoms with van der Waals surface area (Å²) >= 11 is 3.30. The van der Waals surface area contributed by atoms with E-state index in [0.29, 0.717) is 6.42 Å². The molecule has 0 aliphatic rings. The molecule has 0 amide bonds. The van der Waals surface area contributed by atoms with E-state index in [4.69, 9.17) is 10.00 Å². The highest BCUT2D eigenvalue weighted by molar-refractivity contribution is 7.99. The highest BCUT2D eigenvalue weighted by Crippen LogP contribution is 2.34. The molecule has 0 bridgehead atoms. The molecule has 0 unspecified atom stereocenters. The Labute approximate surface area is 155 Å². The van der Waals surface area contributed by atoms with Crippen molar-refractivity contribution < 1.29 is 4.74 Å². The molecular weight excluding hydrogens is 352 g/mol. The van der Waals surface area contributed by atoms with Gasteiger partial charge in [0.05, 0.1) is 23.7 Å². The van der Waals surface area contributed by atoms with Gasteiger partial charge in [-0.1, -0.05) is 30.0 Å². The minimum atomic E-state index is 0.597. The Morgan fingerprint density at radius 1 is 1.20 bits per heavy atom. The molecule has 0 spiro atoms. The van der Waals surface area contributed by atoms with Crippen LogP contribution in [0.3, 0.4) is 0 Å². The first kappa shape index (κ1) is 17.5. The van der Waals surface area contributed by atoms with Gasteiger partial charge >= 0.3 is 0 Å². The number of ether oxygens (including phenoxy) is 1. The van der Waals surface area contributed by atoms with Crippen LogP contribution in [-0.2, 0) is 0 Å². The van der Waals surface area contributed by atoms with Gasteiger partial charge < -0.3 is 4.74 Å². The fourth-order valence-corrected chi connectivity index (χ4v) is 4.07. The average Bonchev–Trinajstić information content (AvgIpc) is 3.31. The third-order valence-corrected chi connectivity index (χ3v) is 5.50. The largest absolute Gasteiger partial charge is 0.495 e. The molecular formula is C18H18N4OS2. The van der Waals surface area contributed by atoms with Crippen LogP contribution in [0.2, 0.25) is 0 Å². The molecule has 25 heavy (non-hydrogen) atoms. The number of thioether (sulfide) groups is 1. The smallest absolute Gasteiger partial charge is 0.196 e. The van der Waals surface area contributed by atoms with E-state index in [2.05, 4.69) is 20.8 Å². The van der Waals surface area contributed by atoms with Crippen molar-refractivity contribution in [2.45, 2.75) is 24.4 Å². The second-order valence-electron chi connectivity index (χ2n) is 5.25. The van der Waals surface area contributed by atoms with Crippen molar-refractivity contribution >= 4 is 23.1 Å². The van der Waals surface area contributed by atoms with Gasteiger partial charge in [0.25, 0.3) is 0 Å². The van der Waals surface area contributed by atoms with E-state index in [1.165, 1.54) is 0 Å². The molecule has 1 aromatic carbocycles. The van der Waals surface area contributed by atoms with Gasteiger partial charge in [-0.2, -0.15) is 5.26 Å². The molecule has 128 valence electrons. The lowest BCUT2D eigenvalue weighted by Gasteiger charge is -2.13. The van der Waals surface area contributed by atoms with Gasteiger partial charge in [0.2, 0.25) is 0 Å². The molecule has 3 rings (SSSR count). The number of para-hydroxylation sites is 2.